The summed E-state index contributed by atoms with van der Waals surface area (Å²) in [6, 6.07) is 12.2. The molecule has 1 heterocycles. The molecule has 1 aliphatic carbocycles. The third-order valence-electron chi connectivity index (χ3n) is 4.64. The van der Waals surface area contributed by atoms with Gasteiger partial charge in [0.25, 0.3) is 0 Å². The molecule has 1 saturated carbocycles. The van der Waals surface area contributed by atoms with Crippen molar-refractivity contribution in [2.45, 2.75) is 45.4 Å². The Morgan fingerprint density at radius 2 is 1.75 bits per heavy atom. The summed E-state index contributed by atoms with van der Waals surface area (Å²) in [6.45, 7) is 2.15. The number of anilines is 3. The Bertz CT molecular complexity index is 658. The van der Waals surface area contributed by atoms with Gasteiger partial charge in [-0.1, -0.05) is 38.3 Å². The smallest absolute Gasteiger partial charge is 0.228 e. The van der Waals surface area contributed by atoms with Crippen LogP contribution in [0.15, 0.2) is 42.6 Å². The van der Waals surface area contributed by atoms with Crippen molar-refractivity contribution in [2.75, 3.05) is 10.6 Å². The molecule has 126 valence electrons. The van der Waals surface area contributed by atoms with Crippen molar-refractivity contribution < 1.29 is 4.79 Å². The van der Waals surface area contributed by atoms with Crippen LogP contribution in [0.2, 0.25) is 0 Å². The topological polar surface area (TPSA) is 54.0 Å². The molecule has 4 heteroatoms. The van der Waals surface area contributed by atoms with E-state index in [0.717, 1.165) is 43.5 Å². The molecule has 0 unspecified atom stereocenters. The molecular weight excluding hydrogens is 298 g/mol. The van der Waals surface area contributed by atoms with Crippen molar-refractivity contribution in [2.24, 2.45) is 5.92 Å². The van der Waals surface area contributed by atoms with E-state index in [0.29, 0.717) is 5.82 Å². The highest BCUT2D eigenvalue weighted by Gasteiger charge is 2.21. The molecular formula is C20H25N3O. The summed E-state index contributed by atoms with van der Waals surface area (Å²) in [5.74, 6) is 0.881. The van der Waals surface area contributed by atoms with Crippen molar-refractivity contribution in [3.05, 3.63) is 48.2 Å². The first-order chi connectivity index (χ1) is 11.7. The van der Waals surface area contributed by atoms with E-state index in [1.54, 1.807) is 6.20 Å². The number of nitrogens with zero attached hydrogens (tertiary/aromatic N) is 1. The van der Waals surface area contributed by atoms with E-state index < -0.39 is 0 Å². The second kappa shape index (κ2) is 7.95. The zero-order valence-corrected chi connectivity index (χ0v) is 14.2. The summed E-state index contributed by atoms with van der Waals surface area (Å²) in [5, 5.41) is 6.26. The third-order valence-corrected chi connectivity index (χ3v) is 4.64. The van der Waals surface area contributed by atoms with E-state index in [1.807, 2.05) is 12.1 Å². The van der Waals surface area contributed by atoms with Gasteiger partial charge < -0.3 is 10.6 Å². The number of aromatic nitrogens is 1. The lowest BCUT2D eigenvalue weighted by Crippen LogP contribution is -2.25. The summed E-state index contributed by atoms with van der Waals surface area (Å²) < 4.78 is 0. The molecule has 0 aliphatic heterocycles. The Morgan fingerprint density at radius 3 is 2.38 bits per heavy atom. The zero-order chi connectivity index (χ0) is 16.8. The largest absolute Gasteiger partial charge is 0.354 e. The third kappa shape index (κ3) is 4.34. The minimum Gasteiger partial charge on any atom is -0.354 e. The zero-order valence-electron chi connectivity index (χ0n) is 14.2. The van der Waals surface area contributed by atoms with Gasteiger partial charge in [-0.3, -0.25) is 4.79 Å². The molecule has 1 aromatic carbocycles. The summed E-state index contributed by atoms with van der Waals surface area (Å²) in [5.41, 5.74) is 3.27. The minimum absolute atomic E-state index is 0.109. The van der Waals surface area contributed by atoms with Crippen LogP contribution in [0.25, 0.3) is 0 Å². The van der Waals surface area contributed by atoms with E-state index in [4.69, 9.17) is 0 Å². The van der Waals surface area contributed by atoms with Gasteiger partial charge in [-0.25, -0.2) is 4.98 Å². The van der Waals surface area contributed by atoms with Gasteiger partial charge in [-0.05, 0) is 49.1 Å². The van der Waals surface area contributed by atoms with Gasteiger partial charge in [-0.15, -0.1) is 0 Å². The predicted molar refractivity (Wildman–Crippen MR) is 98.5 cm³/mol. The van der Waals surface area contributed by atoms with Crippen molar-refractivity contribution in [3.63, 3.8) is 0 Å². The number of carbonyl (C=O) groups is 1. The van der Waals surface area contributed by atoms with E-state index in [-0.39, 0.29) is 11.8 Å². The Balaban J connectivity index is 1.57. The SMILES string of the molecule is CCc1ccc(Nc2ccc(NC(=O)C3CCCCC3)nc2)cc1. The lowest BCUT2D eigenvalue weighted by molar-refractivity contribution is -0.120. The second-order valence-corrected chi connectivity index (χ2v) is 6.43. The Kier molecular flexibility index (Phi) is 5.47. The Morgan fingerprint density at radius 1 is 1.04 bits per heavy atom. The van der Waals surface area contributed by atoms with Gasteiger partial charge in [0, 0.05) is 11.6 Å². The van der Waals surface area contributed by atoms with Crippen molar-refractivity contribution in [1.82, 2.24) is 4.98 Å². The predicted octanol–water partition coefficient (Wildman–Crippen LogP) is 4.91. The first kappa shape index (κ1) is 16.5. The summed E-state index contributed by atoms with van der Waals surface area (Å²) in [6.07, 6.45) is 8.36. The molecule has 1 aliphatic rings. The van der Waals surface area contributed by atoms with Crippen molar-refractivity contribution >= 4 is 23.1 Å². The van der Waals surface area contributed by atoms with Gasteiger partial charge in [0.05, 0.1) is 11.9 Å². The number of rotatable bonds is 5. The van der Waals surface area contributed by atoms with Crippen LogP contribution < -0.4 is 10.6 Å². The van der Waals surface area contributed by atoms with Crippen LogP contribution >= 0.6 is 0 Å². The maximum Gasteiger partial charge on any atom is 0.228 e. The average Bonchev–Trinajstić information content (AvgIpc) is 2.65. The first-order valence-corrected chi connectivity index (χ1v) is 8.87. The maximum atomic E-state index is 12.2. The molecule has 2 N–H and O–H groups in total. The van der Waals surface area contributed by atoms with Crippen LogP contribution in [-0.2, 0) is 11.2 Å². The highest BCUT2D eigenvalue weighted by molar-refractivity contribution is 5.91. The van der Waals surface area contributed by atoms with Crippen molar-refractivity contribution in [1.29, 1.82) is 0 Å². The highest BCUT2D eigenvalue weighted by Crippen LogP contribution is 2.25. The fraction of sp³-hybridized carbons (Fsp3) is 0.400. The normalized spacial score (nSPS) is 15.0. The first-order valence-electron chi connectivity index (χ1n) is 8.87. The molecule has 3 rings (SSSR count). The minimum atomic E-state index is 0.109. The molecule has 24 heavy (non-hydrogen) atoms. The number of nitrogens with one attached hydrogen (secondary N) is 2. The van der Waals surface area contributed by atoms with Gasteiger partial charge in [0.15, 0.2) is 0 Å². The lowest BCUT2D eigenvalue weighted by atomic mass is 9.89. The van der Waals surface area contributed by atoms with E-state index >= 15 is 0 Å². The van der Waals surface area contributed by atoms with Crippen LogP contribution in [0.5, 0.6) is 0 Å². The quantitative estimate of drug-likeness (QED) is 0.822. The van der Waals surface area contributed by atoms with Gasteiger partial charge in [0.2, 0.25) is 5.91 Å². The number of carbonyl (C=O) groups excluding carboxylic acids is 1. The van der Waals surface area contributed by atoms with Crippen LogP contribution in [0, 0.1) is 5.92 Å². The standard InChI is InChI=1S/C20H25N3O/c1-2-15-8-10-17(11-9-15)22-18-12-13-19(21-14-18)23-20(24)16-6-4-3-5-7-16/h8-14,16,22H,2-7H2,1H3,(H,21,23,24). The maximum absolute atomic E-state index is 12.2. The molecule has 0 bridgehead atoms. The van der Waals surface area contributed by atoms with E-state index in [9.17, 15) is 4.79 Å². The lowest BCUT2D eigenvalue weighted by Gasteiger charge is -2.20. The molecule has 0 spiro atoms. The highest BCUT2D eigenvalue weighted by atomic mass is 16.1. The molecule has 1 aromatic heterocycles. The molecule has 0 radical (unpaired) electrons. The Hall–Kier alpha value is -2.36. The monoisotopic (exact) mass is 323 g/mol. The van der Waals surface area contributed by atoms with Gasteiger partial charge in [-0.2, -0.15) is 0 Å². The van der Waals surface area contributed by atoms with E-state index in [2.05, 4.69) is 46.8 Å². The summed E-state index contributed by atoms with van der Waals surface area (Å²) >= 11 is 0. The van der Waals surface area contributed by atoms with Gasteiger partial charge >= 0.3 is 0 Å². The van der Waals surface area contributed by atoms with Crippen LogP contribution in [0.3, 0.4) is 0 Å². The number of pyridine rings is 1. The van der Waals surface area contributed by atoms with Crippen LogP contribution in [-0.4, -0.2) is 10.9 Å². The average molecular weight is 323 g/mol. The molecule has 0 atom stereocenters. The fourth-order valence-corrected chi connectivity index (χ4v) is 3.13. The number of amides is 1. The fourth-order valence-electron chi connectivity index (χ4n) is 3.13. The Labute approximate surface area is 143 Å². The van der Waals surface area contributed by atoms with E-state index in [1.165, 1.54) is 12.0 Å². The molecule has 4 nitrogen and oxygen atoms in total. The number of aryl methyl sites for hydroxylation is 1. The molecule has 1 amide bonds. The van der Waals surface area contributed by atoms with Crippen LogP contribution in [0.1, 0.15) is 44.6 Å². The summed E-state index contributed by atoms with van der Waals surface area (Å²) in [7, 11) is 0. The number of hydrogen-bond acceptors (Lipinski definition) is 3. The van der Waals surface area contributed by atoms with Gasteiger partial charge in [0.1, 0.15) is 5.82 Å². The van der Waals surface area contributed by atoms with Crippen LogP contribution in [0.4, 0.5) is 17.2 Å². The molecule has 1 fully saturated rings. The molecule has 0 saturated heterocycles. The summed E-state index contributed by atoms with van der Waals surface area (Å²) in [4.78, 5) is 16.6. The molecule has 2 aromatic rings. The number of hydrogen-bond donors (Lipinski definition) is 2. The number of benzene rings is 1. The van der Waals surface area contributed by atoms with Crippen molar-refractivity contribution in [3.8, 4) is 0 Å². The second-order valence-electron chi connectivity index (χ2n) is 6.43.